The van der Waals surface area contributed by atoms with Gasteiger partial charge in [-0.05, 0) is 23.1 Å². The lowest BCUT2D eigenvalue weighted by Gasteiger charge is -2.14. The van der Waals surface area contributed by atoms with Crippen LogP contribution < -0.4 is 16.0 Å². The van der Waals surface area contributed by atoms with Gasteiger partial charge in [-0.25, -0.2) is 9.37 Å². The zero-order chi connectivity index (χ0) is 23.0. The lowest BCUT2D eigenvalue weighted by atomic mass is 9.97. The number of nitrogens with two attached hydrogens (primary N) is 1. The molecular weight excluding hydrogens is 446 g/mol. The number of rotatable bonds is 5. The molecule has 0 bridgehead atoms. The normalized spacial score (nSPS) is 11.9. The smallest absolute Gasteiger partial charge is 0.368 e. The van der Waals surface area contributed by atoms with Crippen molar-refractivity contribution in [3.8, 4) is 11.1 Å². The molecule has 0 radical (unpaired) electrons. The summed E-state index contributed by atoms with van der Waals surface area (Å²) in [6.07, 6.45) is -3.78. The second-order valence-electron chi connectivity index (χ2n) is 7.07. The van der Waals surface area contributed by atoms with Gasteiger partial charge in [-0.3, -0.25) is 9.36 Å². The summed E-state index contributed by atoms with van der Waals surface area (Å²) in [6, 6.07) is 9.42. The van der Waals surface area contributed by atoms with Gasteiger partial charge in [0, 0.05) is 35.3 Å². The Bertz CT molecular complexity index is 1390. The van der Waals surface area contributed by atoms with E-state index in [9.17, 15) is 22.4 Å². The van der Waals surface area contributed by atoms with Crippen molar-refractivity contribution in [1.82, 2.24) is 14.5 Å². The molecule has 3 N–H and O–H groups in total. The number of hydrogen-bond donors (Lipinski definition) is 2. The van der Waals surface area contributed by atoms with E-state index in [1.807, 2.05) is 0 Å². The monoisotopic (exact) mass is 463 g/mol. The Kier molecular flexibility index (Phi) is 5.68. The van der Waals surface area contributed by atoms with Crippen LogP contribution in [0.4, 0.5) is 29.2 Å². The van der Waals surface area contributed by atoms with Crippen LogP contribution in [0.5, 0.6) is 0 Å². The molecule has 4 aromatic rings. The summed E-state index contributed by atoms with van der Waals surface area (Å²) >= 11 is 0.768. The molecule has 2 heterocycles. The Morgan fingerprint density at radius 3 is 2.69 bits per heavy atom. The van der Waals surface area contributed by atoms with Crippen LogP contribution in [0, 0.1) is 5.82 Å². The van der Waals surface area contributed by atoms with Crippen molar-refractivity contribution in [2.75, 3.05) is 16.2 Å². The van der Waals surface area contributed by atoms with Gasteiger partial charge in [-0.1, -0.05) is 36.2 Å². The minimum Gasteiger partial charge on any atom is -0.368 e. The van der Waals surface area contributed by atoms with Gasteiger partial charge >= 0.3 is 6.18 Å². The summed E-state index contributed by atoms with van der Waals surface area (Å²) in [5.41, 5.74) is 6.63. The first-order valence-electron chi connectivity index (χ1n) is 9.44. The number of benzene rings is 2. The molecule has 6 nitrogen and oxygen atoms in total. The molecule has 0 spiro atoms. The van der Waals surface area contributed by atoms with Crippen LogP contribution in [0.3, 0.4) is 0 Å². The van der Waals surface area contributed by atoms with E-state index in [-0.39, 0.29) is 22.9 Å². The first kappa shape index (κ1) is 21.9. The van der Waals surface area contributed by atoms with E-state index in [1.54, 1.807) is 31.3 Å². The molecule has 0 saturated heterocycles. The predicted octanol–water partition coefficient (Wildman–Crippen LogP) is 4.88. The molecule has 11 heteroatoms. The predicted molar refractivity (Wildman–Crippen MR) is 119 cm³/mol. The maximum atomic E-state index is 14.5. The molecule has 0 aliphatic carbocycles. The summed E-state index contributed by atoms with van der Waals surface area (Å²) < 4.78 is 55.7. The number of pyridine rings is 1. The van der Waals surface area contributed by atoms with E-state index in [4.69, 9.17) is 5.73 Å². The number of anilines is 2. The molecule has 166 valence electrons. The fraction of sp³-hybridized carbons (Fsp3) is 0.190. The molecule has 4 rings (SSSR count). The van der Waals surface area contributed by atoms with E-state index in [0.717, 1.165) is 11.9 Å². The Balaban J connectivity index is 1.81. The quantitative estimate of drug-likeness (QED) is 0.249. The first-order chi connectivity index (χ1) is 15.2. The topological polar surface area (TPSA) is 85.8 Å². The van der Waals surface area contributed by atoms with Crippen LogP contribution in [-0.2, 0) is 7.05 Å². The van der Waals surface area contributed by atoms with Gasteiger partial charge in [0.15, 0.2) is 0 Å². The molecular formula is C21H17F4N5OS. The zero-order valence-electron chi connectivity index (χ0n) is 16.7. The van der Waals surface area contributed by atoms with E-state index in [1.165, 1.54) is 22.9 Å². The van der Waals surface area contributed by atoms with E-state index in [0.29, 0.717) is 32.9 Å². The van der Waals surface area contributed by atoms with Crippen molar-refractivity contribution in [3.05, 3.63) is 58.8 Å². The molecule has 0 amide bonds. The zero-order valence-corrected chi connectivity index (χ0v) is 17.5. The van der Waals surface area contributed by atoms with Crippen LogP contribution in [0.25, 0.3) is 32.9 Å². The average Bonchev–Trinajstić information content (AvgIpc) is 2.74. The fourth-order valence-corrected chi connectivity index (χ4v) is 4.20. The SMILES string of the molecule is Cn1c(=O)c(-c2cccc3c(NSCCC(F)(F)F)c(F)ccc23)cc2cnc(N)nc21. The number of fused-ring (bicyclic) bond motifs is 2. The molecule has 32 heavy (non-hydrogen) atoms. The van der Waals surface area contributed by atoms with Gasteiger partial charge in [0.05, 0.1) is 12.1 Å². The maximum Gasteiger partial charge on any atom is 0.389 e. The lowest BCUT2D eigenvalue weighted by molar-refractivity contribution is -0.129. The highest BCUT2D eigenvalue weighted by Gasteiger charge is 2.26. The summed E-state index contributed by atoms with van der Waals surface area (Å²) in [5.74, 6) is -0.836. The highest BCUT2D eigenvalue weighted by Crippen LogP contribution is 2.35. The number of halogens is 4. The van der Waals surface area contributed by atoms with Gasteiger partial charge < -0.3 is 10.5 Å². The molecule has 0 aliphatic rings. The Morgan fingerprint density at radius 1 is 1.16 bits per heavy atom. The van der Waals surface area contributed by atoms with Gasteiger partial charge in [-0.15, -0.1) is 0 Å². The molecule has 2 aromatic carbocycles. The van der Waals surface area contributed by atoms with Crippen molar-refractivity contribution in [2.45, 2.75) is 12.6 Å². The number of nitrogens with zero attached hydrogens (tertiary/aromatic N) is 3. The second kappa shape index (κ2) is 8.30. The number of alkyl halides is 3. The first-order valence-corrected chi connectivity index (χ1v) is 10.4. The third kappa shape index (κ3) is 4.20. The minimum atomic E-state index is -4.29. The Labute approximate surface area is 183 Å². The minimum absolute atomic E-state index is 0.0413. The standard InChI is InChI=1S/C21H17F4N5OS/c1-30-18-11(10-27-20(26)28-18)9-15(19(30)31)12-3-2-4-14-13(12)5-6-16(22)17(14)29-32-8-7-21(23,24)25/h2-6,9-10,29H,7-8H2,1H3,(H2,26,27,28). The fourth-order valence-electron chi connectivity index (χ4n) is 3.41. The largest absolute Gasteiger partial charge is 0.389 e. The van der Waals surface area contributed by atoms with E-state index < -0.39 is 18.4 Å². The molecule has 2 aromatic heterocycles. The van der Waals surface area contributed by atoms with Crippen molar-refractivity contribution < 1.29 is 17.6 Å². The Hall–Kier alpha value is -3.34. The van der Waals surface area contributed by atoms with Crippen LogP contribution >= 0.6 is 11.9 Å². The third-order valence-electron chi connectivity index (χ3n) is 4.93. The highest BCUT2D eigenvalue weighted by molar-refractivity contribution is 8.00. The van der Waals surface area contributed by atoms with Crippen molar-refractivity contribution in [1.29, 1.82) is 0 Å². The van der Waals surface area contributed by atoms with Crippen LogP contribution in [0.1, 0.15) is 6.42 Å². The number of hydrogen-bond acceptors (Lipinski definition) is 6. The van der Waals surface area contributed by atoms with Crippen LogP contribution in [0.2, 0.25) is 0 Å². The van der Waals surface area contributed by atoms with Crippen LogP contribution in [0.15, 0.2) is 47.4 Å². The average molecular weight is 463 g/mol. The maximum absolute atomic E-state index is 14.5. The van der Waals surface area contributed by atoms with Crippen molar-refractivity contribution in [2.24, 2.45) is 7.05 Å². The summed E-state index contributed by atoms with van der Waals surface area (Å²) in [5, 5.41) is 1.61. The lowest BCUT2D eigenvalue weighted by Crippen LogP contribution is -2.20. The molecule has 0 atom stereocenters. The molecule has 0 fully saturated rings. The van der Waals surface area contributed by atoms with Gasteiger partial charge in [0.2, 0.25) is 5.95 Å². The second-order valence-corrected chi connectivity index (χ2v) is 7.97. The van der Waals surface area contributed by atoms with Crippen molar-refractivity contribution in [3.63, 3.8) is 0 Å². The van der Waals surface area contributed by atoms with E-state index >= 15 is 0 Å². The summed E-state index contributed by atoms with van der Waals surface area (Å²) in [4.78, 5) is 21.1. The van der Waals surface area contributed by atoms with Gasteiger partial charge in [0.1, 0.15) is 11.5 Å². The number of aromatic nitrogens is 3. The summed E-state index contributed by atoms with van der Waals surface area (Å²) in [6.45, 7) is 0. The van der Waals surface area contributed by atoms with Crippen LogP contribution in [-0.4, -0.2) is 26.5 Å². The number of nitrogen functional groups attached to an aromatic ring is 1. The van der Waals surface area contributed by atoms with Crippen molar-refractivity contribution >= 4 is 45.4 Å². The molecule has 0 unspecified atom stereocenters. The number of aryl methyl sites for hydroxylation is 1. The molecule has 0 aliphatic heterocycles. The number of nitrogens with one attached hydrogen (secondary N) is 1. The summed E-state index contributed by atoms with van der Waals surface area (Å²) in [7, 11) is 1.57. The van der Waals surface area contributed by atoms with E-state index in [2.05, 4.69) is 14.7 Å². The third-order valence-corrected chi connectivity index (χ3v) is 5.69. The van der Waals surface area contributed by atoms with Gasteiger partial charge in [0.25, 0.3) is 5.56 Å². The van der Waals surface area contributed by atoms with Gasteiger partial charge in [-0.2, -0.15) is 18.2 Å². The Morgan fingerprint density at radius 2 is 1.94 bits per heavy atom. The highest BCUT2D eigenvalue weighted by atomic mass is 32.2. The molecule has 0 saturated carbocycles.